The Morgan fingerprint density at radius 2 is 2.36 bits per heavy atom. The second-order valence-corrected chi connectivity index (χ2v) is 4.05. The van der Waals surface area contributed by atoms with Gasteiger partial charge in [0.2, 0.25) is 0 Å². The first kappa shape index (κ1) is 11.5. The third-order valence-corrected chi connectivity index (χ3v) is 2.83. The van der Waals surface area contributed by atoms with Crippen molar-refractivity contribution in [3.8, 4) is 0 Å². The number of hydrogen-bond donors (Lipinski definition) is 0. The number of unbranched alkanes of at least 4 members (excludes halogenated alkanes) is 1. The molecule has 0 aromatic rings. The standard InChI is InChI=1S/C11H21NO2/c1-3-4-8-14-11(13)9-10-6-5-7-12(10)2/h10H,3-9H2,1-2H3/t10-/m1/s1. The molecule has 1 aliphatic rings. The maximum absolute atomic E-state index is 11.4. The van der Waals surface area contributed by atoms with E-state index in [4.69, 9.17) is 4.74 Å². The number of ether oxygens (including phenoxy) is 1. The number of likely N-dealkylation sites (tertiary alicyclic amines) is 1. The molecule has 82 valence electrons. The Labute approximate surface area is 86.4 Å². The molecule has 1 atom stereocenters. The monoisotopic (exact) mass is 199 g/mol. The minimum atomic E-state index is -0.0304. The van der Waals surface area contributed by atoms with Gasteiger partial charge in [-0.2, -0.15) is 0 Å². The Morgan fingerprint density at radius 3 is 2.93 bits per heavy atom. The van der Waals surface area contributed by atoms with Crippen LogP contribution in [0.5, 0.6) is 0 Å². The molecule has 0 aliphatic carbocycles. The van der Waals surface area contributed by atoms with Crippen LogP contribution in [0, 0.1) is 0 Å². The maximum atomic E-state index is 11.4. The van der Waals surface area contributed by atoms with Gasteiger partial charge in [0.25, 0.3) is 0 Å². The smallest absolute Gasteiger partial charge is 0.307 e. The first-order valence-corrected chi connectivity index (χ1v) is 5.60. The van der Waals surface area contributed by atoms with Gasteiger partial charge < -0.3 is 9.64 Å². The van der Waals surface area contributed by atoms with Crippen LogP contribution in [0.2, 0.25) is 0 Å². The molecule has 0 radical (unpaired) electrons. The highest BCUT2D eigenvalue weighted by molar-refractivity contribution is 5.70. The third-order valence-electron chi connectivity index (χ3n) is 2.83. The quantitative estimate of drug-likeness (QED) is 0.499. The van der Waals surface area contributed by atoms with E-state index in [9.17, 15) is 4.79 Å². The largest absolute Gasteiger partial charge is 0.466 e. The number of rotatable bonds is 5. The fourth-order valence-electron chi connectivity index (χ4n) is 1.82. The fraction of sp³-hybridized carbons (Fsp3) is 0.909. The lowest BCUT2D eigenvalue weighted by atomic mass is 10.1. The SMILES string of the molecule is CCCCOC(=O)C[C@H]1CCCN1C. The van der Waals surface area contributed by atoms with Crippen molar-refractivity contribution < 1.29 is 9.53 Å². The second kappa shape index (κ2) is 6.02. The van der Waals surface area contributed by atoms with Gasteiger partial charge in [0, 0.05) is 6.04 Å². The Balaban J connectivity index is 2.13. The zero-order chi connectivity index (χ0) is 10.4. The van der Waals surface area contributed by atoms with E-state index in [-0.39, 0.29) is 5.97 Å². The molecular formula is C11H21NO2. The summed E-state index contributed by atoms with van der Waals surface area (Å²) in [5, 5.41) is 0. The molecule has 0 bridgehead atoms. The predicted octanol–water partition coefficient (Wildman–Crippen LogP) is 1.81. The van der Waals surface area contributed by atoms with Crippen LogP contribution in [-0.2, 0) is 9.53 Å². The summed E-state index contributed by atoms with van der Waals surface area (Å²) in [4.78, 5) is 13.6. The molecule has 0 spiro atoms. The third kappa shape index (κ3) is 3.66. The molecule has 0 N–H and O–H groups in total. The van der Waals surface area contributed by atoms with Gasteiger partial charge in [0.05, 0.1) is 13.0 Å². The van der Waals surface area contributed by atoms with E-state index in [1.807, 2.05) is 0 Å². The maximum Gasteiger partial charge on any atom is 0.307 e. The lowest BCUT2D eigenvalue weighted by molar-refractivity contribution is -0.144. The van der Waals surface area contributed by atoms with Crippen LogP contribution in [0.15, 0.2) is 0 Å². The second-order valence-electron chi connectivity index (χ2n) is 4.05. The van der Waals surface area contributed by atoms with Gasteiger partial charge in [-0.05, 0) is 32.9 Å². The molecule has 3 nitrogen and oxygen atoms in total. The van der Waals surface area contributed by atoms with Gasteiger partial charge >= 0.3 is 5.97 Å². The summed E-state index contributed by atoms with van der Waals surface area (Å²) in [5.41, 5.74) is 0. The van der Waals surface area contributed by atoms with Crippen molar-refractivity contribution in [3.63, 3.8) is 0 Å². The number of esters is 1. The molecule has 0 aromatic carbocycles. The highest BCUT2D eigenvalue weighted by Crippen LogP contribution is 2.18. The Kier molecular flexibility index (Phi) is 4.94. The number of carbonyl (C=O) groups excluding carboxylic acids is 1. The van der Waals surface area contributed by atoms with E-state index in [0.717, 1.165) is 25.8 Å². The van der Waals surface area contributed by atoms with E-state index in [1.165, 1.54) is 6.42 Å². The molecule has 1 fully saturated rings. The van der Waals surface area contributed by atoms with Crippen molar-refractivity contribution in [2.45, 2.75) is 45.1 Å². The Bertz CT molecular complexity index is 182. The normalized spacial score (nSPS) is 22.6. The van der Waals surface area contributed by atoms with E-state index < -0.39 is 0 Å². The molecule has 1 aliphatic heterocycles. The minimum Gasteiger partial charge on any atom is -0.466 e. The van der Waals surface area contributed by atoms with Crippen LogP contribution >= 0.6 is 0 Å². The van der Waals surface area contributed by atoms with Crippen molar-refractivity contribution in [1.29, 1.82) is 0 Å². The summed E-state index contributed by atoms with van der Waals surface area (Å²) in [6, 6.07) is 0.420. The summed E-state index contributed by atoms with van der Waals surface area (Å²) >= 11 is 0. The van der Waals surface area contributed by atoms with Crippen molar-refractivity contribution in [2.75, 3.05) is 20.2 Å². The topological polar surface area (TPSA) is 29.5 Å². The van der Waals surface area contributed by atoms with Gasteiger partial charge in [-0.15, -0.1) is 0 Å². The van der Waals surface area contributed by atoms with Crippen LogP contribution in [0.4, 0.5) is 0 Å². The summed E-state index contributed by atoms with van der Waals surface area (Å²) in [6.45, 7) is 3.80. The van der Waals surface area contributed by atoms with E-state index in [0.29, 0.717) is 19.1 Å². The van der Waals surface area contributed by atoms with Crippen LogP contribution in [0.25, 0.3) is 0 Å². The van der Waals surface area contributed by atoms with Crippen LogP contribution in [0.1, 0.15) is 39.0 Å². The molecule has 0 aromatic heterocycles. The van der Waals surface area contributed by atoms with Gasteiger partial charge in [-0.25, -0.2) is 0 Å². The average molecular weight is 199 g/mol. The first-order chi connectivity index (χ1) is 6.74. The summed E-state index contributed by atoms with van der Waals surface area (Å²) in [5.74, 6) is -0.0304. The molecular weight excluding hydrogens is 178 g/mol. The molecule has 0 amide bonds. The highest BCUT2D eigenvalue weighted by Gasteiger charge is 2.23. The van der Waals surface area contributed by atoms with E-state index in [2.05, 4.69) is 18.9 Å². The van der Waals surface area contributed by atoms with Crippen molar-refractivity contribution >= 4 is 5.97 Å². The summed E-state index contributed by atoms with van der Waals surface area (Å²) < 4.78 is 5.13. The molecule has 1 heterocycles. The van der Waals surface area contributed by atoms with E-state index in [1.54, 1.807) is 0 Å². The lowest BCUT2D eigenvalue weighted by Gasteiger charge is -2.18. The molecule has 0 saturated carbocycles. The van der Waals surface area contributed by atoms with Gasteiger partial charge in [-0.3, -0.25) is 4.79 Å². The molecule has 1 rings (SSSR count). The summed E-state index contributed by atoms with van der Waals surface area (Å²) in [7, 11) is 2.08. The van der Waals surface area contributed by atoms with Crippen LogP contribution in [-0.4, -0.2) is 37.1 Å². The number of hydrogen-bond acceptors (Lipinski definition) is 3. The minimum absolute atomic E-state index is 0.0304. The molecule has 0 unspecified atom stereocenters. The highest BCUT2D eigenvalue weighted by atomic mass is 16.5. The Hall–Kier alpha value is -0.570. The number of nitrogens with zero attached hydrogens (tertiary/aromatic N) is 1. The van der Waals surface area contributed by atoms with Crippen LogP contribution in [0.3, 0.4) is 0 Å². The molecule has 3 heteroatoms. The summed E-state index contributed by atoms with van der Waals surface area (Å²) in [6.07, 6.45) is 4.98. The molecule has 14 heavy (non-hydrogen) atoms. The van der Waals surface area contributed by atoms with Crippen molar-refractivity contribution in [2.24, 2.45) is 0 Å². The average Bonchev–Trinajstić information content (AvgIpc) is 2.52. The molecule has 1 saturated heterocycles. The fourth-order valence-corrected chi connectivity index (χ4v) is 1.82. The van der Waals surface area contributed by atoms with Crippen molar-refractivity contribution in [1.82, 2.24) is 4.90 Å². The zero-order valence-corrected chi connectivity index (χ0v) is 9.29. The van der Waals surface area contributed by atoms with Gasteiger partial charge in [-0.1, -0.05) is 13.3 Å². The Morgan fingerprint density at radius 1 is 1.57 bits per heavy atom. The van der Waals surface area contributed by atoms with Gasteiger partial charge in [0.1, 0.15) is 0 Å². The van der Waals surface area contributed by atoms with Crippen molar-refractivity contribution in [3.05, 3.63) is 0 Å². The van der Waals surface area contributed by atoms with E-state index >= 15 is 0 Å². The van der Waals surface area contributed by atoms with Gasteiger partial charge in [0.15, 0.2) is 0 Å². The zero-order valence-electron chi connectivity index (χ0n) is 9.29. The first-order valence-electron chi connectivity index (χ1n) is 5.60. The lowest BCUT2D eigenvalue weighted by Crippen LogP contribution is -2.28. The van der Waals surface area contributed by atoms with Crippen LogP contribution < -0.4 is 0 Å². The predicted molar refractivity (Wildman–Crippen MR) is 56.1 cm³/mol. The number of carbonyl (C=O) groups is 1.